The Labute approximate surface area is 129 Å². The summed E-state index contributed by atoms with van der Waals surface area (Å²) in [5, 5.41) is 3.04. The molecule has 0 aromatic carbocycles. The zero-order valence-electron chi connectivity index (χ0n) is 12.6. The van der Waals surface area contributed by atoms with Crippen LogP contribution in [0.5, 0.6) is 0 Å². The molecule has 2 aromatic heterocycles. The summed E-state index contributed by atoms with van der Waals surface area (Å²) in [6.07, 6.45) is 6.56. The molecule has 0 aliphatic carbocycles. The molecule has 6 heteroatoms. The molecule has 1 atom stereocenters. The van der Waals surface area contributed by atoms with Crippen LogP contribution in [0, 0.1) is 6.92 Å². The van der Waals surface area contributed by atoms with Gasteiger partial charge in [0.25, 0.3) is 5.91 Å². The average molecular weight is 297 g/mol. The van der Waals surface area contributed by atoms with Crippen LogP contribution in [-0.2, 0) is 0 Å². The largest absolute Gasteiger partial charge is 0.355 e. The van der Waals surface area contributed by atoms with Gasteiger partial charge in [0.05, 0.1) is 6.20 Å². The van der Waals surface area contributed by atoms with Gasteiger partial charge in [-0.1, -0.05) is 6.07 Å². The van der Waals surface area contributed by atoms with Crippen LogP contribution in [0.3, 0.4) is 0 Å². The number of nitrogens with one attached hydrogen (secondary N) is 1. The molecule has 1 unspecified atom stereocenters. The number of carbonyl (C=O) groups is 1. The van der Waals surface area contributed by atoms with Gasteiger partial charge in [0.15, 0.2) is 0 Å². The number of amides is 1. The maximum atomic E-state index is 12.2. The summed E-state index contributed by atoms with van der Waals surface area (Å²) in [6.45, 7) is 3.72. The molecular formula is C16H19N5O. The Hall–Kier alpha value is -2.50. The lowest BCUT2D eigenvalue weighted by molar-refractivity contribution is 0.0927. The van der Waals surface area contributed by atoms with Gasteiger partial charge in [0, 0.05) is 37.2 Å². The smallest absolute Gasteiger partial charge is 0.271 e. The summed E-state index contributed by atoms with van der Waals surface area (Å²) in [5.74, 6) is 0.801. The molecule has 3 rings (SSSR count). The molecule has 1 aliphatic rings. The highest BCUT2D eigenvalue weighted by Crippen LogP contribution is 2.18. The minimum atomic E-state index is -0.169. The van der Waals surface area contributed by atoms with E-state index in [0.29, 0.717) is 5.69 Å². The van der Waals surface area contributed by atoms with Crippen LogP contribution in [0.15, 0.2) is 36.8 Å². The second-order valence-electron chi connectivity index (χ2n) is 5.49. The van der Waals surface area contributed by atoms with Gasteiger partial charge in [0.1, 0.15) is 11.5 Å². The molecule has 0 radical (unpaired) electrons. The highest BCUT2D eigenvalue weighted by molar-refractivity contribution is 5.92. The lowest BCUT2D eigenvalue weighted by Gasteiger charge is -2.34. The van der Waals surface area contributed by atoms with E-state index in [9.17, 15) is 4.79 Å². The number of hydrogen-bond acceptors (Lipinski definition) is 5. The summed E-state index contributed by atoms with van der Waals surface area (Å²) < 4.78 is 0. The first-order valence-corrected chi connectivity index (χ1v) is 7.48. The Morgan fingerprint density at radius 1 is 1.36 bits per heavy atom. The van der Waals surface area contributed by atoms with E-state index in [0.717, 1.165) is 37.4 Å². The topological polar surface area (TPSA) is 71.0 Å². The molecule has 1 saturated heterocycles. The van der Waals surface area contributed by atoms with E-state index in [2.05, 4.69) is 25.2 Å². The first-order valence-electron chi connectivity index (χ1n) is 7.48. The number of anilines is 1. The maximum absolute atomic E-state index is 12.2. The molecule has 114 valence electrons. The first-order chi connectivity index (χ1) is 10.7. The van der Waals surface area contributed by atoms with E-state index in [1.807, 2.05) is 25.1 Å². The van der Waals surface area contributed by atoms with Crippen LogP contribution in [0.4, 0.5) is 5.82 Å². The summed E-state index contributed by atoms with van der Waals surface area (Å²) in [4.78, 5) is 26.9. The van der Waals surface area contributed by atoms with Crippen LogP contribution in [0.1, 0.15) is 29.0 Å². The summed E-state index contributed by atoms with van der Waals surface area (Å²) in [5.41, 5.74) is 1.36. The van der Waals surface area contributed by atoms with Crippen LogP contribution in [0.2, 0.25) is 0 Å². The third-order valence-corrected chi connectivity index (χ3v) is 3.75. The van der Waals surface area contributed by atoms with Gasteiger partial charge in [-0.15, -0.1) is 0 Å². The summed E-state index contributed by atoms with van der Waals surface area (Å²) in [7, 11) is 0. The normalized spacial score (nSPS) is 18.0. The molecule has 2 aromatic rings. The quantitative estimate of drug-likeness (QED) is 0.931. The van der Waals surface area contributed by atoms with Gasteiger partial charge < -0.3 is 10.2 Å². The molecule has 1 aliphatic heterocycles. The monoisotopic (exact) mass is 297 g/mol. The van der Waals surface area contributed by atoms with Gasteiger partial charge in [-0.25, -0.2) is 9.97 Å². The van der Waals surface area contributed by atoms with Crippen molar-refractivity contribution in [1.29, 1.82) is 0 Å². The molecule has 1 N–H and O–H groups in total. The van der Waals surface area contributed by atoms with E-state index in [1.165, 1.54) is 12.4 Å². The number of rotatable bonds is 3. The molecule has 1 amide bonds. The number of piperidine rings is 1. The standard InChI is InChI=1S/C16H19N5O/c1-12-4-2-6-15(19-12)21-9-3-5-13(11-21)20-16(22)14-10-17-7-8-18-14/h2,4,6-8,10,13H,3,5,9,11H2,1H3,(H,20,22). The Morgan fingerprint density at radius 3 is 3.05 bits per heavy atom. The molecule has 0 saturated carbocycles. The third-order valence-electron chi connectivity index (χ3n) is 3.75. The Balaban J connectivity index is 1.65. The van der Waals surface area contributed by atoms with Crippen molar-refractivity contribution in [3.63, 3.8) is 0 Å². The predicted molar refractivity (Wildman–Crippen MR) is 83.7 cm³/mol. The van der Waals surface area contributed by atoms with Gasteiger partial charge in [-0.3, -0.25) is 9.78 Å². The lowest BCUT2D eigenvalue weighted by Crippen LogP contribution is -2.48. The SMILES string of the molecule is Cc1cccc(N2CCCC(NC(=O)c3cnccn3)C2)n1. The van der Waals surface area contributed by atoms with Crippen LogP contribution < -0.4 is 10.2 Å². The number of aryl methyl sites for hydroxylation is 1. The van der Waals surface area contributed by atoms with Gasteiger partial charge in [0.2, 0.25) is 0 Å². The van der Waals surface area contributed by atoms with Crippen molar-refractivity contribution < 1.29 is 4.79 Å². The molecule has 22 heavy (non-hydrogen) atoms. The second kappa shape index (κ2) is 6.51. The molecule has 0 spiro atoms. The Kier molecular flexibility index (Phi) is 4.27. The van der Waals surface area contributed by atoms with E-state index < -0.39 is 0 Å². The fourth-order valence-corrected chi connectivity index (χ4v) is 2.68. The van der Waals surface area contributed by atoms with Crippen molar-refractivity contribution in [2.45, 2.75) is 25.8 Å². The predicted octanol–water partition coefficient (Wildman–Crippen LogP) is 1.58. The zero-order chi connectivity index (χ0) is 15.4. The average Bonchev–Trinajstić information content (AvgIpc) is 2.56. The number of carbonyl (C=O) groups excluding carboxylic acids is 1. The number of nitrogens with zero attached hydrogens (tertiary/aromatic N) is 4. The Morgan fingerprint density at radius 2 is 2.27 bits per heavy atom. The Bertz CT molecular complexity index is 646. The minimum Gasteiger partial charge on any atom is -0.355 e. The number of pyridine rings is 1. The van der Waals surface area contributed by atoms with Crippen LogP contribution >= 0.6 is 0 Å². The van der Waals surface area contributed by atoms with E-state index in [4.69, 9.17) is 0 Å². The summed E-state index contributed by atoms with van der Waals surface area (Å²) in [6, 6.07) is 6.12. The number of aromatic nitrogens is 3. The molecule has 3 heterocycles. The molecule has 0 bridgehead atoms. The fraction of sp³-hybridized carbons (Fsp3) is 0.375. The van der Waals surface area contributed by atoms with E-state index >= 15 is 0 Å². The van der Waals surface area contributed by atoms with Crippen molar-refractivity contribution in [3.8, 4) is 0 Å². The fourth-order valence-electron chi connectivity index (χ4n) is 2.68. The highest BCUT2D eigenvalue weighted by Gasteiger charge is 2.23. The highest BCUT2D eigenvalue weighted by atomic mass is 16.1. The second-order valence-corrected chi connectivity index (χ2v) is 5.49. The number of hydrogen-bond donors (Lipinski definition) is 1. The van der Waals surface area contributed by atoms with E-state index in [-0.39, 0.29) is 11.9 Å². The van der Waals surface area contributed by atoms with Crippen molar-refractivity contribution in [2.24, 2.45) is 0 Å². The van der Waals surface area contributed by atoms with E-state index in [1.54, 1.807) is 6.20 Å². The molecular weight excluding hydrogens is 278 g/mol. The lowest BCUT2D eigenvalue weighted by atomic mass is 10.1. The summed E-state index contributed by atoms with van der Waals surface area (Å²) >= 11 is 0. The first kappa shape index (κ1) is 14.4. The maximum Gasteiger partial charge on any atom is 0.271 e. The van der Waals surface area contributed by atoms with Gasteiger partial charge >= 0.3 is 0 Å². The molecule has 1 fully saturated rings. The van der Waals surface area contributed by atoms with Gasteiger partial charge in [-0.2, -0.15) is 0 Å². The van der Waals surface area contributed by atoms with Crippen molar-refractivity contribution in [3.05, 3.63) is 48.2 Å². The zero-order valence-corrected chi connectivity index (χ0v) is 12.6. The van der Waals surface area contributed by atoms with Crippen LogP contribution in [0.25, 0.3) is 0 Å². The van der Waals surface area contributed by atoms with Crippen LogP contribution in [-0.4, -0.2) is 40.0 Å². The van der Waals surface area contributed by atoms with Crippen molar-refractivity contribution in [2.75, 3.05) is 18.0 Å². The van der Waals surface area contributed by atoms with Gasteiger partial charge in [-0.05, 0) is 31.9 Å². The van der Waals surface area contributed by atoms with Crippen molar-refractivity contribution in [1.82, 2.24) is 20.3 Å². The third kappa shape index (κ3) is 3.39. The van der Waals surface area contributed by atoms with Crippen molar-refractivity contribution >= 4 is 11.7 Å². The molecule has 6 nitrogen and oxygen atoms in total. The minimum absolute atomic E-state index is 0.102.